The molecule has 4 nitrogen and oxygen atoms in total. The lowest BCUT2D eigenvalue weighted by atomic mass is 9.76. The van der Waals surface area contributed by atoms with Crippen LogP contribution in [0.2, 0.25) is 0 Å². The summed E-state index contributed by atoms with van der Waals surface area (Å²) >= 11 is 0. The quantitative estimate of drug-likeness (QED) is 0.417. The molecule has 152 valence electrons. The van der Waals surface area contributed by atoms with Crippen molar-refractivity contribution in [3.8, 4) is 0 Å². The van der Waals surface area contributed by atoms with Gasteiger partial charge in [0.1, 0.15) is 5.60 Å². The fourth-order valence-electron chi connectivity index (χ4n) is 3.93. The minimum Gasteiger partial charge on any atom is -0.457 e. The lowest BCUT2D eigenvalue weighted by Crippen LogP contribution is -2.56. The van der Waals surface area contributed by atoms with Crippen molar-refractivity contribution in [2.75, 3.05) is 0 Å². The Hall–Kier alpha value is -2.15. The third-order valence-electron chi connectivity index (χ3n) is 5.34. The van der Waals surface area contributed by atoms with Gasteiger partial charge in [-0.3, -0.25) is 4.79 Å². The summed E-state index contributed by atoms with van der Waals surface area (Å²) in [5.74, 6) is -2.19. The highest BCUT2D eigenvalue weighted by molar-refractivity contribution is 6.10. The van der Waals surface area contributed by atoms with Crippen molar-refractivity contribution in [1.29, 1.82) is 0 Å². The average Bonchev–Trinajstić information content (AvgIpc) is 2.76. The van der Waals surface area contributed by atoms with E-state index in [0.29, 0.717) is 17.6 Å². The fourth-order valence-corrected chi connectivity index (χ4v) is 3.93. The summed E-state index contributed by atoms with van der Waals surface area (Å²) in [7, 11) is 0. The summed E-state index contributed by atoms with van der Waals surface area (Å²) < 4.78 is 50.3. The first kappa shape index (κ1) is 20.6. The van der Waals surface area contributed by atoms with Crippen molar-refractivity contribution in [2.45, 2.75) is 69.4 Å². The van der Waals surface area contributed by atoms with Crippen LogP contribution in [0.4, 0.5) is 13.2 Å². The molecule has 0 spiro atoms. The first-order chi connectivity index (χ1) is 12.7. The Labute approximate surface area is 161 Å². The molecule has 2 bridgehead atoms. The third kappa shape index (κ3) is 3.15. The van der Waals surface area contributed by atoms with Crippen LogP contribution in [-0.4, -0.2) is 28.6 Å². The standard InChI is InChI=1S/C21H23F3O4/c1-12-16(13-6-8-14(9-7-13)21(22,23)24)20(17(26)27-18(2,3)4)15(25)10-11-19(12,5)28-20/h6-9,16H,1,10-11H2,2-5H3/t16-,19+,20-/m0/s1. The van der Waals surface area contributed by atoms with Gasteiger partial charge >= 0.3 is 12.1 Å². The lowest BCUT2D eigenvalue weighted by molar-refractivity contribution is -0.198. The Balaban J connectivity index is 2.12. The Kier molecular flexibility index (Phi) is 4.54. The second-order valence-corrected chi connectivity index (χ2v) is 8.57. The first-order valence-corrected chi connectivity index (χ1v) is 9.04. The highest BCUT2D eigenvalue weighted by atomic mass is 19.4. The van der Waals surface area contributed by atoms with Gasteiger partial charge in [0.25, 0.3) is 0 Å². The fraction of sp³-hybridized carbons (Fsp3) is 0.524. The van der Waals surface area contributed by atoms with Crippen LogP contribution in [0.5, 0.6) is 0 Å². The van der Waals surface area contributed by atoms with E-state index in [1.54, 1.807) is 27.7 Å². The molecule has 28 heavy (non-hydrogen) atoms. The number of benzene rings is 1. The van der Waals surface area contributed by atoms with Crippen molar-refractivity contribution < 1.29 is 32.2 Å². The van der Waals surface area contributed by atoms with Crippen molar-refractivity contribution in [1.82, 2.24) is 0 Å². The van der Waals surface area contributed by atoms with Gasteiger partial charge in [0.05, 0.1) is 17.1 Å². The van der Waals surface area contributed by atoms with Crippen LogP contribution in [-0.2, 0) is 25.2 Å². The Morgan fingerprint density at radius 3 is 2.29 bits per heavy atom. The molecular weight excluding hydrogens is 373 g/mol. The minimum absolute atomic E-state index is 0.103. The number of ether oxygens (including phenoxy) is 2. The number of esters is 1. The molecule has 3 rings (SSSR count). The number of Topliss-reactive ketones (excluding diaryl/α,β-unsaturated/α-hetero) is 1. The molecule has 2 saturated heterocycles. The molecule has 0 radical (unpaired) electrons. The number of halogens is 3. The molecule has 1 aromatic rings. The topological polar surface area (TPSA) is 52.6 Å². The van der Waals surface area contributed by atoms with E-state index in [-0.39, 0.29) is 6.42 Å². The van der Waals surface area contributed by atoms with Gasteiger partial charge in [-0.15, -0.1) is 0 Å². The summed E-state index contributed by atoms with van der Waals surface area (Å²) in [4.78, 5) is 26.1. The van der Waals surface area contributed by atoms with Crippen molar-refractivity contribution in [3.05, 3.63) is 47.5 Å². The van der Waals surface area contributed by atoms with Gasteiger partial charge in [-0.2, -0.15) is 13.2 Å². The van der Waals surface area contributed by atoms with E-state index in [4.69, 9.17) is 9.47 Å². The monoisotopic (exact) mass is 396 g/mol. The van der Waals surface area contributed by atoms with Crippen LogP contribution in [0.1, 0.15) is 57.6 Å². The van der Waals surface area contributed by atoms with Gasteiger partial charge in [0, 0.05) is 6.42 Å². The van der Waals surface area contributed by atoms with E-state index < -0.39 is 46.2 Å². The maximum atomic E-state index is 13.1. The number of hydrogen-bond donors (Lipinski definition) is 0. The molecule has 7 heteroatoms. The number of rotatable bonds is 2. The van der Waals surface area contributed by atoms with Gasteiger partial charge in [0.2, 0.25) is 5.60 Å². The van der Waals surface area contributed by atoms with Gasteiger partial charge in [0.15, 0.2) is 5.78 Å². The maximum absolute atomic E-state index is 13.1. The third-order valence-corrected chi connectivity index (χ3v) is 5.34. The second-order valence-electron chi connectivity index (χ2n) is 8.57. The number of carbonyl (C=O) groups is 2. The number of ketones is 1. The largest absolute Gasteiger partial charge is 0.457 e. The number of carbonyl (C=O) groups excluding carboxylic acids is 2. The van der Waals surface area contributed by atoms with Crippen LogP contribution in [0.25, 0.3) is 0 Å². The van der Waals surface area contributed by atoms with Gasteiger partial charge in [-0.05, 0) is 57.4 Å². The summed E-state index contributed by atoms with van der Waals surface area (Å²) in [6.45, 7) is 10.8. The molecule has 2 aliphatic rings. The number of alkyl halides is 3. The van der Waals surface area contributed by atoms with Gasteiger partial charge in [-0.1, -0.05) is 18.7 Å². The van der Waals surface area contributed by atoms with Crippen LogP contribution in [0.3, 0.4) is 0 Å². The number of hydrogen-bond acceptors (Lipinski definition) is 4. The number of fused-ring (bicyclic) bond motifs is 2. The maximum Gasteiger partial charge on any atom is 0.416 e. The first-order valence-electron chi connectivity index (χ1n) is 9.04. The van der Waals surface area contributed by atoms with Gasteiger partial charge < -0.3 is 9.47 Å². The van der Waals surface area contributed by atoms with Crippen LogP contribution < -0.4 is 0 Å². The average molecular weight is 396 g/mol. The molecule has 1 aromatic carbocycles. The molecule has 0 amide bonds. The molecule has 2 heterocycles. The van der Waals surface area contributed by atoms with Crippen molar-refractivity contribution >= 4 is 11.8 Å². The molecule has 3 atom stereocenters. The molecule has 2 fully saturated rings. The Bertz CT molecular complexity index is 835. The van der Waals surface area contributed by atoms with E-state index in [9.17, 15) is 22.8 Å². The van der Waals surface area contributed by atoms with E-state index >= 15 is 0 Å². The van der Waals surface area contributed by atoms with Crippen LogP contribution in [0.15, 0.2) is 36.4 Å². The summed E-state index contributed by atoms with van der Waals surface area (Å²) in [5.41, 5.74) is -3.69. The van der Waals surface area contributed by atoms with E-state index in [0.717, 1.165) is 12.1 Å². The molecule has 0 unspecified atom stereocenters. The molecular formula is C21H23F3O4. The van der Waals surface area contributed by atoms with Crippen molar-refractivity contribution in [2.24, 2.45) is 0 Å². The van der Waals surface area contributed by atoms with Gasteiger partial charge in [-0.25, -0.2) is 4.79 Å². The zero-order chi connectivity index (χ0) is 21.1. The normalized spacial score (nSPS) is 30.5. The Morgan fingerprint density at radius 2 is 1.79 bits per heavy atom. The zero-order valence-corrected chi connectivity index (χ0v) is 16.3. The van der Waals surface area contributed by atoms with Crippen LogP contribution in [0, 0.1) is 0 Å². The van der Waals surface area contributed by atoms with Crippen molar-refractivity contribution in [3.63, 3.8) is 0 Å². The minimum atomic E-state index is -4.48. The highest BCUT2D eigenvalue weighted by Crippen LogP contribution is 2.57. The van der Waals surface area contributed by atoms with E-state index in [1.807, 2.05) is 0 Å². The zero-order valence-electron chi connectivity index (χ0n) is 16.3. The summed E-state index contributed by atoms with van der Waals surface area (Å²) in [6, 6.07) is 4.40. The SMILES string of the molecule is C=C1[C@@H](c2ccc(C(F)(F)F)cc2)[C@@]2(C(=O)OC(C)(C)C)O[C@]1(C)CCC2=O. The molecule has 2 aliphatic heterocycles. The second kappa shape index (κ2) is 6.17. The lowest BCUT2D eigenvalue weighted by Gasteiger charge is -2.37. The summed E-state index contributed by atoms with van der Waals surface area (Å²) in [6.07, 6.45) is -4.03. The molecule has 0 saturated carbocycles. The molecule has 0 N–H and O–H groups in total. The molecule has 0 aromatic heterocycles. The van der Waals surface area contributed by atoms with E-state index in [2.05, 4.69) is 6.58 Å². The smallest absolute Gasteiger partial charge is 0.416 e. The Morgan fingerprint density at radius 1 is 1.21 bits per heavy atom. The van der Waals surface area contributed by atoms with E-state index in [1.165, 1.54) is 12.1 Å². The predicted octanol–water partition coefficient (Wildman–Crippen LogP) is 4.58. The highest BCUT2D eigenvalue weighted by Gasteiger charge is 2.68. The molecule has 0 aliphatic carbocycles. The summed E-state index contributed by atoms with van der Waals surface area (Å²) in [5, 5.41) is 0. The van der Waals surface area contributed by atoms with Crippen LogP contribution >= 0.6 is 0 Å². The predicted molar refractivity (Wildman–Crippen MR) is 95.6 cm³/mol.